The van der Waals surface area contributed by atoms with Crippen LogP contribution in [0.15, 0.2) is 0 Å². The highest BCUT2D eigenvalue weighted by Gasteiger charge is 2.41. The van der Waals surface area contributed by atoms with E-state index in [1.54, 1.807) is 0 Å². The van der Waals surface area contributed by atoms with E-state index in [1.807, 2.05) is 0 Å². The van der Waals surface area contributed by atoms with Crippen LogP contribution in [0, 0.1) is 5.92 Å². The van der Waals surface area contributed by atoms with Crippen molar-refractivity contribution in [3.05, 3.63) is 0 Å². The maximum Gasteiger partial charge on any atom is 0.0705 e. The Labute approximate surface area is 80.8 Å². The third-order valence-corrected chi connectivity index (χ3v) is 3.65. The van der Waals surface area contributed by atoms with E-state index < -0.39 is 0 Å². The highest BCUT2D eigenvalue weighted by Crippen LogP contribution is 2.43. The molecule has 1 saturated carbocycles. The van der Waals surface area contributed by atoms with Gasteiger partial charge in [0.1, 0.15) is 0 Å². The summed E-state index contributed by atoms with van der Waals surface area (Å²) in [5.74, 6) is 0.852. The normalized spacial score (nSPS) is 45.7. The van der Waals surface area contributed by atoms with Gasteiger partial charge >= 0.3 is 0 Å². The molecule has 3 atom stereocenters. The van der Waals surface area contributed by atoms with E-state index in [4.69, 9.17) is 10.5 Å². The zero-order chi connectivity index (χ0) is 9.31. The molecule has 2 aliphatic rings. The Balaban J connectivity index is 1.97. The largest absolute Gasteiger partial charge is 0.370 e. The van der Waals surface area contributed by atoms with E-state index in [0.29, 0.717) is 12.6 Å². The van der Waals surface area contributed by atoms with Crippen LogP contribution < -0.4 is 5.73 Å². The average molecular weight is 183 g/mol. The van der Waals surface area contributed by atoms with Crippen molar-refractivity contribution >= 4 is 0 Å². The second kappa shape index (κ2) is 3.58. The summed E-state index contributed by atoms with van der Waals surface area (Å²) in [6.07, 6.45) is 8.06. The molecule has 1 saturated heterocycles. The van der Waals surface area contributed by atoms with Crippen molar-refractivity contribution in [1.82, 2.24) is 0 Å². The number of ether oxygens (including phenoxy) is 1. The van der Waals surface area contributed by atoms with Crippen molar-refractivity contribution in [2.24, 2.45) is 11.7 Å². The molecule has 1 heterocycles. The average Bonchev–Trinajstić information content (AvgIpc) is 2.48. The molecule has 0 bridgehead atoms. The first-order valence-electron chi connectivity index (χ1n) is 5.62. The van der Waals surface area contributed by atoms with Crippen molar-refractivity contribution in [2.75, 3.05) is 6.54 Å². The van der Waals surface area contributed by atoms with Crippen molar-refractivity contribution in [3.63, 3.8) is 0 Å². The van der Waals surface area contributed by atoms with Gasteiger partial charge in [-0.1, -0.05) is 19.8 Å². The lowest BCUT2D eigenvalue weighted by molar-refractivity contribution is -0.0707. The van der Waals surface area contributed by atoms with Crippen molar-refractivity contribution in [1.29, 1.82) is 0 Å². The van der Waals surface area contributed by atoms with Gasteiger partial charge in [-0.2, -0.15) is 0 Å². The summed E-state index contributed by atoms with van der Waals surface area (Å²) in [5, 5.41) is 0. The lowest BCUT2D eigenvalue weighted by Crippen LogP contribution is -2.36. The highest BCUT2D eigenvalue weighted by atomic mass is 16.5. The summed E-state index contributed by atoms with van der Waals surface area (Å²) < 4.78 is 6.08. The quantitative estimate of drug-likeness (QED) is 0.675. The standard InChI is InChI=1S/C11H21NO/c1-9-3-2-5-11(7-9)6-4-10(8-12)13-11/h9-10H,2-8,12H2,1H3/t9-,10+,11-/m1/s1. The molecule has 0 aromatic carbocycles. The molecule has 2 nitrogen and oxygen atoms in total. The van der Waals surface area contributed by atoms with Crippen LogP contribution in [0.5, 0.6) is 0 Å². The Kier molecular flexibility index (Phi) is 2.61. The molecule has 2 fully saturated rings. The van der Waals surface area contributed by atoms with Gasteiger partial charge in [-0.05, 0) is 31.6 Å². The first kappa shape index (κ1) is 9.47. The predicted molar refractivity (Wildman–Crippen MR) is 53.5 cm³/mol. The molecule has 0 radical (unpaired) electrons. The zero-order valence-corrected chi connectivity index (χ0v) is 8.59. The summed E-state index contributed by atoms with van der Waals surface area (Å²) in [6, 6.07) is 0. The van der Waals surface area contributed by atoms with Gasteiger partial charge in [0.05, 0.1) is 11.7 Å². The van der Waals surface area contributed by atoms with E-state index in [2.05, 4.69) is 6.92 Å². The SMILES string of the molecule is C[C@@H]1CCC[C@@]2(CC[C@@H](CN)O2)C1. The topological polar surface area (TPSA) is 35.2 Å². The van der Waals surface area contributed by atoms with E-state index in [1.165, 1.54) is 38.5 Å². The Bertz CT molecular complexity index is 183. The molecule has 0 aromatic heterocycles. The smallest absolute Gasteiger partial charge is 0.0705 e. The van der Waals surface area contributed by atoms with Crippen molar-refractivity contribution < 1.29 is 4.74 Å². The second-order valence-electron chi connectivity index (χ2n) is 4.90. The van der Waals surface area contributed by atoms with Gasteiger partial charge < -0.3 is 10.5 Å². The van der Waals surface area contributed by atoms with Gasteiger partial charge in [-0.15, -0.1) is 0 Å². The molecular weight excluding hydrogens is 162 g/mol. The van der Waals surface area contributed by atoms with Gasteiger partial charge in [0.15, 0.2) is 0 Å². The number of rotatable bonds is 1. The van der Waals surface area contributed by atoms with Crippen LogP contribution in [0.1, 0.15) is 45.4 Å². The van der Waals surface area contributed by atoms with Gasteiger partial charge in [0.25, 0.3) is 0 Å². The van der Waals surface area contributed by atoms with Gasteiger partial charge in [-0.3, -0.25) is 0 Å². The van der Waals surface area contributed by atoms with Crippen LogP contribution in [0.25, 0.3) is 0 Å². The van der Waals surface area contributed by atoms with Gasteiger partial charge in [-0.25, -0.2) is 0 Å². The lowest BCUT2D eigenvalue weighted by Gasteiger charge is -2.36. The van der Waals surface area contributed by atoms with Gasteiger partial charge in [0, 0.05) is 6.54 Å². The van der Waals surface area contributed by atoms with Crippen LogP contribution in [-0.4, -0.2) is 18.2 Å². The minimum atomic E-state index is 0.238. The molecule has 1 spiro atoms. The highest BCUT2D eigenvalue weighted by molar-refractivity contribution is 4.93. The minimum absolute atomic E-state index is 0.238. The Morgan fingerprint density at radius 2 is 2.23 bits per heavy atom. The third kappa shape index (κ3) is 1.89. The number of hydrogen-bond acceptors (Lipinski definition) is 2. The summed E-state index contributed by atoms with van der Waals surface area (Å²) in [6.45, 7) is 3.05. The second-order valence-corrected chi connectivity index (χ2v) is 4.90. The predicted octanol–water partition coefficient (Wildman–Crippen LogP) is 2.07. The maximum atomic E-state index is 6.08. The van der Waals surface area contributed by atoms with Crippen molar-refractivity contribution in [3.8, 4) is 0 Å². The summed E-state index contributed by atoms with van der Waals surface area (Å²) >= 11 is 0. The number of nitrogens with two attached hydrogens (primary N) is 1. The van der Waals surface area contributed by atoms with E-state index >= 15 is 0 Å². The Morgan fingerprint density at radius 3 is 2.85 bits per heavy atom. The first-order valence-corrected chi connectivity index (χ1v) is 5.62. The van der Waals surface area contributed by atoms with E-state index in [0.717, 1.165) is 5.92 Å². The molecule has 2 heteroatoms. The van der Waals surface area contributed by atoms with Crippen LogP contribution in [0.4, 0.5) is 0 Å². The monoisotopic (exact) mass is 183 g/mol. The van der Waals surface area contributed by atoms with Crippen molar-refractivity contribution in [2.45, 2.75) is 57.2 Å². The summed E-state index contributed by atoms with van der Waals surface area (Å²) in [7, 11) is 0. The molecule has 0 amide bonds. The molecule has 13 heavy (non-hydrogen) atoms. The fraction of sp³-hybridized carbons (Fsp3) is 1.00. The van der Waals surface area contributed by atoms with Crippen LogP contribution in [-0.2, 0) is 4.74 Å². The van der Waals surface area contributed by atoms with E-state index in [-0.39, 0.29) is 5.60 Å². The molecule has 76 valence electrons. The number of hydrogen-bond donors (Lipinski definition) is 1. The van der Waals surface area contributed by atoms with Gasteiger partial charge in [0.2, 0.25) is 0 Å². The van der Waals surface area contributed by atoms with Crippen LogP contribution in [0.3, 0.4) is 0 Å². The minimum Gasteiger partial charge on any atom is -0.370 e. The fourth-order valence-corrected chi connectivity index (χ4v) is 3.01. The van der Waals surface area contributed by atoms with Crippen LogP contribution >= 0.6 is 0 Å². The third-order valence-electron chi connectivity index (χ3n) is 3.65. The Hall–Kier alpha value is -0.0800. The zero-order valence-electron chi connectivity index (χ0n) is 8.59. The van der Waals surface area contributed by atoms with E-state index in [9.17, 15) is 0 Å². The first-order chi connectivity index (χ1) is 6.24. The molecule has 1 aliphatic heterocycles. The molecule has 0 aromatic rings. The Morgan fingerprint density at radius 1 is 1.38 bits per heavy atom. The molecule has 2 rings (SSSR count). The van der Waals surface area contributed by atoms with Crippen LogP contribution in [0.2, 0.25) is 0 Å². The maximum absolute atomic E-state index is 6.08. The summed E-state index contributed by atoms with van der Waals surface area (Å²) in [4.78, 5) is 0. The fourth-order valence-electron chi connectivity index (χ4n) is 3.01. The lowest BCUT2D eigenvalue weighted by atomic mass is 9.77. The molecule has 2 N–H and O–H groups in total. The molecule has 1 aliphatic carbocycles. The summed E-state index contributed by atoms with van der Waals surface area (Å²) in [5.41, 5.74) is 5.87. The molecule has 0 unspecified atom stereocenters. The molecular formula is C11H21NO.